The summed E-state index contributed by atoms with van der Waals surface area (Å²) in [5.74, 6) is -0.0592. The smallest absolute Gasteiger partial charge is 0.254 e. The number of nitriles is 1. The van der Waals surface area contributed by atoms with Crippen LogP contribution >= 0.6 is 0 Å². The molecule has 0 saturated carbocycles. The summed E-state index contributed by atoms with van der Waals surface area (Å²) < 4.78 is 0. The van der Waals surface area contributed by atoms with Gasteiger partial charge in [-0.25, -0.2) is 0 Å². The normalized spacial score (nSPS) is 9.71. The molecule has 1 rings (SSSR count). The third-order valence-corrected chi connectivity index (χ3v) is 2.65. The Labute approximate surface area is 103 Å². The van der Waals surface area contributed by atoms with Crippen LogP contribution < -0.4 is 0 Å². The van der Waals surface area contributed by atoms with E-state index in [-0.39, 0.29) is 12.5 Å². The zero-order valence-electron chi connectivity index (χ0n) is 10.4. The highest BCUT2D eigenvalue weighted by molar-refractivity contribution is 5.94. The van der Waals surface area contributed by atoms with E-state index < -0.39 is 0 Å². The van der Waals surface area contributed by atoms with Gasteiger partial charge < -0.3 is 4.90 Å². The Bertz CT molecular complexity index is 403. The van der Waals surface area contributed by atoms with Crippen molar-refractivity contribution in [2.24, 2.45) is 0 Å². The van der Waals surface area contributed by atoms with Crippen LogP contribution in [0.1, 0.15) is 36.2 Å². The predicted molar refractivity (Wildman–Crippen MR) is 67.6 cm³/mol. The molecule has 90 valence electrons. The molecule has 0 saturated heterocycles. The number of aryl methyl sites for hydroxylation is 1. The average Bonchev–Trinajstić information content (AvgIpc) is 2.38. The molecule has 0 aromatic heterocycles. The lowest BCUT2D eigenvalue weighted by molar-refractivity contribution is 0.0776. The lowest BCUT2D eigenvalue weighted by Gasteiger charge is -2.18. The first kappa shape index (κ1) is 13.2. The molecule has 1 aromatic rings. The van der Waals surface area contributed by atoms with E-state index in [1.807, 2.05) is 37.3 Å². The van der Waals surface area contributed by atoms with Crippen LogP contribution in [0, 0.1) is 11.3 Å². The zero-order chi connectivity index (χ0) is 12.7. The Morgan fingerprint density at radius 1 is 1.29 bits per heavy atom. The molecule has 0 bridgehead atoms. The van der Waals surface area contributed by atoms with E-state index in [2.05, 4.69) is 6.92 Å². The van der Waals surface area contributed by atoms with Crippen molar-refractivity contribution in [1.29, 1.82) is 5.26 Å². The van der Waals surface area contributed by atoms with E-state index in [0.29, 0.717) is 12.1 Å². The van der Waals surface area contributed by atoms with Crippen LogP contribution in [0.25, 0.3) is 0 Å². The number of benzene rings is 1. The van der Waals surface area contributed by atoms with E-state index in [4.69, 9.17) is 5.26 Å². The second-order valence-corrected chi connectivity index (χ2v) is 3.94. The monoisotopic (exact) mass is 230 g/mol. The number of hydrogen-bond donors (Lipinski definition) is 0. The van der Waals surface area contributed by atoms with Gasteiger partial charge in [-0.15, -0.1) is 0 Å². The van der Waals surface area contributed by atoms with Crippen molar-refractivity contribution in [3.63, 3.8) is 0 Å². The molecule has 3 heteroatoms. The fraction of sp³-hybridized carbons (Fsp3) is 0.429. The maximum Gasteiger partial charge on any atom is 0.254 e. The van der Waals surface area contributed by atoms with E-state index in [1.165, 1.54) is 5.56 Å². The highest BCUT2D eigenvalue weighted by Gasteiger charge is 2.13. The predicted octanol–water partition coefficient (Wildman–Crippen LogP) is 2.62. The number of carbonyl (C=O) groups is 1. The molecule has 17 heavy (non-hydrogen) atoms. The van der Waals surface area contributed by atoms with Gasteiger partial charge in [0.15, 0.2) is 0 Å². The van der Waals surface area contributed by atoms with Gasteiger partial charge in [-0.3, -0.25) is 4.79 Å². The fourth-order valence-corrected chi connectivity index (χ4v) is 1.67. The Morgan fingerprint density at radius 2 is 1.94 bits per heavy atom. The minimum absolute atomic E-state index is 0.0592. The summed E-state index contributed by atoms with van der Waals surface area (Å²) in [6.45, 7) is 4.86. The van der Waals surface area contributed by atoms with E-state index in [1.54, 1.807) is 4.90 Å². The van der Waals surface area contributed by atoms with Crippen LogP contribution in [0.4, 0.5) is 0 Å². The number of rotatable bonds is 5. The molecule has 0 aliphatic rings. The van der Waals surface area contributed by atoms with Crippen molar-refractivity contribution in [2.45, 2.75) is 26.7 Å². The largest absolute Gasteiger partial charge is 0.325 e. The number of carbonyl (C=O) groups excluding carboxylic acids is 1. The Morgan fingerprint density at radius 3 is 2.41 bits per heavy atom. The molecule has 0 fully saturated rings. The standard InChI is InChI=1S/C14H18N2O/c1-3-10-16(11-9-15)14(17)13-7-5-12(4-2)6-8-13/h5-8H,3-4,10-11H2,1-2H3. The summed E-state index contributed by atoms with van der Waals surface area (Å²) in [5.41, 5.74) is 1.87. The highest BCUT2D eigenvalue weighted by atomic mass is 16.2. The van der Waals surface area contributed by atoms with Crippen molar-refractivity contribution in [3.8, 4) is 6.07 Å². The Balaban J connectivity index is 2.81. The van der Waals surface area contributed by atoms with Gasteiger partial charge in [-0.1, -0.05) is 26.0 Å². The van der Waals surface area contributed by atoms with Gasteiger partial charge in [0.1, 0.15) is 6.54 Å². The van der Waals surface area contributed by atoms with Crippen molar-refractivity contribution in [3.05, 3.63) is 35.4 Å². The molecule has 0 N–H and O–H groups in total. The van der Waals surface area contributed by atoms with Crippen molar-refractivity contribution >= 4 is 5.91 Å². The SMILES string of the molecule is CCCN(CC#N)C(=O)c1ccc(CC)cc1. The first-order valence-corrected chi connectivity index (χ1v) is 5.98. The third-order valence-electron chi connectivity index (χ3n) is 2.65. The van der Waals surface area contributed by atoms with Crippen LogP contribution in [0.15, 0.2) is 24.3 Å². The minimum atomic E-state index is -0.0592. The van der Waals surface area contributed by atoms with Crippen LogP contribution in [0.2, 0.25) is 0 Å². The Hall–Kier alpha value is -1.82. The summed E-state index contributed by atoms with van der Waals surface area (Å²) >= 11 is 0. The molecular formula is C14H18N2O. The highest BCUT2D eigenvalue weighted by Crippen LogP contribution is 2.08. The van der Waals surface area contributed by atoms with Crippen molar-refractivity contribution in [2.75, 3.05) is 13.1 Å². The zero-order valence-corrected chi connectivity index (χ0v) is 10.4. The lowest BCUT2D eigenvalue weighted by atomic mass is 10.1. The van der Waals surface area contributed by atoms with Gasteiger partial charge in [0, 0.05) is 12.1 Å². The lowest BCUT2D eigenvalue weighted by Crippen LogP contribution is -2.32. The first-order valence-electron chi connectivity index (χ1n) is 5.98. The first-order chi connectivity index (χ1) is 8.22. The molecule has 0 aliphatic heterocycles. The van der Waals surface area contributed by atoms with Gasteiger partial charge in [0.05, 0.1) is 6.07 Å². The quantitative estimate of drug-likeness (QED) is 0.730. The molecule has 1 aromatic carbocycles. The molecule has 3 nitrogen and oxygen atoms in total. The van der Waals surface area contributed by atoms with Crippen molar-refractivity contribution in [1.82, 2.24) is 4.90 Å². The molecule has 0 radical (unpaired) electrons. The van der Waals surface area contributed by atoms with E-state index >= 15 is 0 Å². The second-order valence-electron chi connectivity index (χ2n) is 3.94. The summed E-state index contributed by atoms with van der Waals surface area (Å²) in [7, 11) is 0. The van der Waals surface area contributed by atoms with Gasteiger partial charge in [0.25, 0.3) is 5.91 Å². The number of nitrogens with zero attached hydrogens (tertiary/aromatic N) is 2. The molecule has 0 aliphatic carbocycles. The van der Waals surface area contributed by atoms with Crippen LogP contribution in [0.5, 0.6) is 0 Å². The summed E-state index contributed by atoms with van der Waals surface area (Å²) in [4.78, 5) is 13.7. The molecule has 0 heterocycles. The van der Waals surface area contributed by atoms with Crippen LogP contribution in [0.3, 0.4) is 0 Å². The second kappa shape index (κ2) is 6.70. The van der Waals surface area contributed by atoms with E-state index in [0.717, 1.165) is 12.8 Å². The molecular weight excluding hydrogens is 212 g/mol. The molecule has 0 atom stereocenters. The van der Waals surface area contributed by atoms with Gasteiger partial charge in [0.2, 0.25) is 0 Å². The van der Waals surface area contributed by atoms with Gasteiger partial charge >= 0.3 is 0 Å². The number of hydrogen-bond acceptors (Lipinski definition) is 2. The molecule has 1 amide bonds. The summed E-state index contributed by atoms with van der Waals surface area (Å²) in [6.07, 6.45) is 1.83. The van der Waals surface area contributed by atoms with Crippen LogP contribution in [-0.2, 0) is 6.42 Å². The molecule has 0 spiro atoms. The third kappa shape index (κ3) is 3.60. The van der Waals surface area contributed by atoms with Gasteiger partial charge in [-0.05, 0) is 30.5 Å². The Kier molecular flexibility index (Phi) is 5.22. The fourth-order valence-electron chi connectivity index (χ4n) is 1.67. The number of amides is 1. The summed E-state index contributed by atoms with van der Waals surface area (Å²) in [6, 6.07) is 9.62. The van der Waals surface area contributed by atoms with Crippen molar-refractivity contribution < 1.29 is 4.79 Å². The topological polar surface area (TPSA) is 44.1 Å². The maximum atomic E-state index is 12.1. The van der Waals surface area contributed by atoms with Gasteiger partial charge in [-0.2, -0.15) is 5.26 Å². The summed E-state index contributed by atoms with van der Waals surface area (Å²) in [5, 5.41) is 8.70. The maximum absolute atomic E-state index is 12.1. The molecule has 0 unspecified atom stereocenters. The minimum Gasteiger partial charge on any atom is -0.325 e. The average molecular weight is 230 g/mol. The van der Waals surface area contributed by atoms with E-state index in [9.17, 15) is 4.79 Å². The van der Waals surface area contributed by atoms with Crippen LogP contribution in [-0.4, -0.2) is 23.9 Å².